The fraction of sp³-hybridized carbons (Fsp3) is 0.429. The van der Waals surface area contributed by atoms with E-state index in [1.807, 2.05) is 6.07 Å². The maximum Gasteiger partial charge on any atom is 0.141 e. The molecule has 0 radical (unpaired) electrons. The summed E-state index contributed by atoms with van der Waals surface area (Å²) in [6, 6.07) is 3.92. The van der Waals surface area contributed by atoms with Gasteiger partial charge in [0.05, 0.1) is 11.0 Å². The molecule has 0 amide bonds. The highest BCUT2D eigenvalue weighted by atomic mass is 79.9. The smallest absolute Gasteiger partial charge is 0.141 e. The van der Waals surface area contributed by atoms with Gasteiger partial charge >= 0.3 is 0 Å². The Kier molecular flexibility index (Phi) is 3.16. The zero-order valence-corrected chi connectivity index (χ0v) is 11.8. The van der Waals surface area contributed by atoms with Crippen molar-refractivity contribution in [3.05, 3.63) is 33.7 Å². The highest BCUT2D eigenvalue weighted by Crippen LogP contribution is 2.31. The predicted octanol–water partition coefficient (Wildman–Crippen LogP) is 4.15. The summed E-state index contributed by atoms with van der Waals surface area (Å²) in [6.45, 7) is 2.84. The zero-order chi connectivity index (χ0) is 12.7. The fourth-order valence-corrected chi connectivity index (χ4v) is 2.59. The van der Waals surface area contributed by atoms with E-state index in [0.717, 1.165) is 24.1 Å². The van der Waals surface area contributed by atoms with Crippen LogP contribution in [-0.2, 0) is 13.0 Å². The van der Waals surface area contributed by atoms with Crippen LogP contribution in [0.3, 0.4) is 0 Å². The highest BCUT2D eigenvalue weighted by molar-refractivity contribution is 9.10. The van der Waals surface area contributed by atoms with E-state index in [9.17, 15) is 4.39 Å². The van der Waals surface area contributed by atoms with E-state index < -0.39 is 0 Å². The SMILES string of the molecule is CCc1c(CNC2CC2)oc2cc(F)c(Br)cc12. The molecule has 18 heavy (non-hydrogen) atoms. The van der Waals surface area contributed by atoms with Gasteiger partial charge in [0.2, 0.25) is 0 Å². The molecule has 0 unspecified atom stereocenters. The molecule has 0 bridgehead atoms. The van der Waals surface area contributed by atoms with Crippen molar-refractivity contribution in [3.8, 4) is 0 Å². The average molecular weight is 312 g/mol. The van der Waals surface area contributed by atoms with Crippen LogP contribution in [0.15, 0.2) is 21.0 Å². The molecule has 1 aromatic heterocycles. The normalized spacial score (nSPS) is 15.5. The maximum atomic E-state index is 13.5. The molecular formula is C14H15BrFNO. The Labute approximate surface area is 114 Å². The van der Waals surface area contributed by atoms with Crippen molar-refractivity contribution in [3.63, 3.8) is 0 Å². The van der Waals surface area contributed by atoms with E-state index in [2.05, 4.69) is 28.2 Å². The molecule has 2 aromatic rings. The summed E-state index contributed by atoms with van der Waals surface area (Å²) in [5, 5.41) is 4.45. The summed E-state index contributed by atoms with van der Waals surface area (Å²) < 4.78 is 19.8. The van der Waals surface area contributed by atoms with Crippen LogP contribution in [0.2, 0.25) is 0 Å². The Hall–Kier alpha value is -0.870. The van der Waals surface area contributed by atoms with E-state index >= 15 is 0 Å². The summed E-state index contributed by atoms with van der Waals surface area (Å²) in [4.78, 5) is 0. The van der Waals surface area contributed by atoms with Crippen LogP contribution in [0.4, 0.5) is 4.39 Å². The second-order valence-corrected chi connectivity index (χ2v) is 5.63. The van der Waals surface area contributed by atoms with E-state index in [-0.39, 0.29) is 5.82 Å². The number of furan rings is 1. The molecule has 0 saturated heterocycles. The first-order chi connectivity index (χ1) is 8.69. The standard InChI is InChI=1S/C14H15BrFNO/c1-2-9-10-5-11(15)12(16)6-13(10)18-14(9)7-17-8-3-4-8/h5-6,8,17H,2-4,7H2,1H3. The third kappa shape index (κ3) is 2.19. The number of hydrogen-bond acceptors (Lipinski definition) is 2. The molecule has 1 aliphatic carbocycles. The molecule has 1 N–H and O–H groups in total. The largest absolute Gasteiger partial charge is 0.459 e. The number of benzene rings is 1. The third-order valence-corrected chi connectivity index (χ3v) is 4.01. The number of rotatable bonds is 4. The Balaban J connectivity index is 2.01. The molecule has 1 heterocycles. The molecule has 0 atom stereocenters. The quantitative estimate of drug-likeness (QED) is 0.917. The van der Waals surface area contributed by atoms with Gasteiger partial charge < -0.3 is 9.73 Å². The van der Waals surface area contributed by atoms with Crippen LogP contribution in [0.5, 0.6) is 0 Å². The molecule has 0 aliphatic heterocycles. The van der Waals surface area contributed by atoms with Gasteiger partial charge in [0.1, 0.15) is 17.2 Å². The summed E-state index contributed by atoms with van der Waals surface area (Å²) in [5.74, 6) is 0.664. The first-order valence-electron chi connectivity index (χ1n) is 6.31. The summed E-state index contributed by atoms with van der Waals surface area (Å²) in [7, 11) is 0. The number of halogens is 2. The van der Waals surface area contributed by atoms with Crippen LogP contribution >= 0.6 is 15.9 Å². The predicted molar refractivity (Wildman–Crippen MR) is 73.1 cm³/mol. The van der Waals surface area contributed by atoms with Gasteiger partial charge in [0, 0.05) is 23.1 Å². The van der Waals surface area contributed by atoms with E-state index in [1.54, 1.807) is 0 Å². The minimum Gasteiger partial charge on any atom is -0.459 e. The number of aryl methyl sites for hydroxylation is 1. The summed E-state index contributed by atoms with van der Waals surface area (Å²) in [5.41, 5.74) is 1.82. The van der Waals surface area contributed by atoms with Crippen LogP contribution in [-0.4, -0.2) is 6.04 Å². The van der Waals surface area contributed by atoms with Crippen molar-refractivity contribution in [1.82, 2.24) is 5.32 Å². The van der Waals surface area contributed by atoms with E-state index in [4.69, 9.17) is 4.42 Å². The fourth-order valence-electron chi connectivity index (χ4n) is 2.25. The molecule has 1 aliphatic rings. The van der Waals surface area contributed by atoms with Crippen molar-refractivity contribution >= 4 is 26.9 Å². The maximum absolute atomic E-state index is 13.5. The molecule has 1 fully saturated rings. The van der Waals surface area contributed by atoms with Crippen LogP contribution in [0.1, 0.15) is 31.1 Å². The molecule has 1 aromatic carbocycles. The first-order valence-corrected chi connectivity index (χ1v) is 7.11. The lowest BCUT2D eigenvalue weighted by Gasteiger charge is -2.01. The lowest BCUT2D eigenvalue weighted by atomic mass is 10.1. The summed E-state index contributed by atoms with van der Waals surface area (Å²) >= 11 is 3.23. The van der Waals surface area contributed by atoms with Crippen molar-refractivity contribution in [2.45, 2.75) is 38.8 Å². The molecule has 96 valence electrons. The van der Waals surface area contributed by atoms with Gasteiger partial charge in [-0.1, -0.05) is 6.92 Å². The van der Waals surface area contributed by atoms with Gasteiger partial charge in [-0.15, -0.1) is 0 Å². The Bertz CT molecular complexity index is 589. The molecule has 0 spiro atoms. The third-order valence-electron chi connectivity index (χ3n) is 3.40. The minimum absolute atomic E-state index is 0.277. The number of nitrogens with one attached hydrogen (secondary N) is 1. The second-order valence-electron chi connectivity index (χ2n) is 4.77. The number of fused-ring (bicyclic) bond motifs is 1. The molecular weight excluding hydrogens is 297 g/mol. The molecule has 2 nitrogen and oxygen atoms in total. The molecule has 4 heteroatoms. The average Bonchev–Trinajstić information content (AvgIpc) is 3.11. The monoisotopic (exact) mass is 311 g/mol. The Morgan fingerprint density at radius 2 is 2.22 bits per heavy atom. The van der Waals surface area contributed by atoms with Crippen LogP contribution in [0, 0.1) is 5.82 Å². The van der Waals surface area contributed by atoms with E-state index in [0.29, 0.717) is 16.1 Å². The molecule has 1 saturated carbocycles. The van der Waals surface area contributed by atoms with Gasteiger partial charge in [-0.25, -0.2) is 4.39 Å². The van der Waals surface area contributed by atoms with Crippen molar-refractivity contribution in [1.29, 1.82) is 0 Å². The summed E-state index contributed by atoms with van der Waals surface area (Å²) in [6.07, 6.45) is 3.40. The van der Waals surface area contributed by atoms with Gasteiger partial charge in [-0.3, -0.25) is 0 Å². The minimum atomic E-state index is -0.277. The van der Waals surface area contributed by atoms with Gasteiger partial charge in [0.15, 0.2) is 0 Å². The highest BCUT2D eigenvalue weighted by Gasteiger charge is 2.22. The Morgan fingerprint density at radius 1 is 1.44 bits per heavy atom. The zero-order valence-electron chi connectivity index (χ0n) is 10.2. The number of hydrogen-bond donors (Lipinski definition) is 1. The van der Waals surface area contributed by atoms with Crippen LogP contribution in [0.25, 0.3) is 11.0 Å². The first kappa shape index (κ1) is 12.2. The van der Waals surface area contributed by atoms with Crippen molar-refractivity contribution in [2.75, 3.05) is 0 Å². The topological polar surface area (TPSA) is 25.2 Å². The van der Waals surface area contributed by atoms with Crippen molar-refractivity contribution in [2.24, 2.45) is 0 Å². The van der Waals surface area contributed by atoms with Crippen LogP contribution < -0.4 is 5.32 Å². The van der Waals surface area contributed by atoms with Gasteiger partial charge in [0.25, 0.3) is 0 Å². The van der Waals surface area contributed by atoms with Crippen molar-refractivity contribution < 1.29 is 8.81 Å². The lowest BCUT2D eigenvalue weighted by Crippen LogP contribution is -2.15. The lowest BCUT2D eigenvalue weighted by molar-refractivity contribution is 0.505. The van der Waals surface area contributed by atoms with Gasteiger partial charge in [-0.05, 0) is 41.3 Å². The second kappa shape index (κ2) is 4.67. The molecule has 3 rings (SSSR count). The van der Waals surface area contributed by atoms with E-state index in [1.165, 1.54) is 24.5 Å². The Morgan fingerprint density at radius 3 is 2.89 bits per heavy atom. The van der Waals surface area contributed by atoms with Gasteiger partial charge in [-0.2, -0.15) is 0 Å².